The highest BCUT2D eigenvalue weighted by Gasteiger charge is 2.07. The van der Waals surface area contributed by atoms with Crippen molar-refractivity contribution in [3.05, 3.63) is 47.8 Å². The van der Waals surface area contributed by atoms with Crippen LogP contribution in [0.15, 0.2) is 30.7 Å². The highest BCUT2D eigenvalue weighted by Crippen LogP contribution is 2.07. The van der Waals surface area contributed by atoms with Crippen molar-refractivity contribution in [2.75, 3.05) is 0 Å². The van der Waals surface area contributed by atoms with Gasteiger partial charge in [0.05, 0.1) is 12.0 Å². The maximum absolute atomic E-state index is 10.8. The van der Waals surface area contributed by atoms with E-state index in [9.17, 15) is 4.79 Å². The van der Waals surface area contributed by atoms with Gasteiger partial charge in [-0.15, -0.1) is 0 Å². The lowest BCUT2D eigenvalue weighted by Gasteiger charge is -1.99. The van der Waals surface area contributed by atoms with Gasteiger partial charge in [0, 0.05) is 18.9 Å². The Morgan fingerprint density at radius 2 is 2.19 bits per heavy atom. The lowest BCUT2D eigenvalue weighted by molar-refractivity contribution is 0.111. The number of aryl methyl sites for hydroxylation is 3. The average molecular weight is 215 g/mol. The Hall–Kier alpha value is -1.97. The van der Waals surface area contributed by atoms with E-state index in [0.29, 0.717) is 5.69 Å². The molecule has 0 fully saturated rings. The first-order chi connectivity index (χ1) is 7.81. The van der Waals surface area contributed by atoms with E-state index in [-0.39, 0.29) is 0 Å². The van der Waals surface area contributed by atoms with Gasteiger partial charge < -0.3 is 4.57 Å². The first-order valence-electron chi connectivity index (χ1n) is 5.16. The third-order valence-corrected chi connectivity index (χ3v) is 2.52. The maximum Gasteiger partial charge on any atom is 0.168 e. The van der Waals surface area contributed by atoms with Gasteiger partial charge in [0.15, 0.2) is 6.29 Å². The van der Waals surface area contributed by atoms with Gasteiger partial charge in [-0.25, -0.2) is 4.98 Å². The number of aromatic nitrogens is 3. The number of aldehydes is 1. The molecule has 0 unspecified atom stereocenters. The number of pyridine rings is 1. The van der Waals surface area contributed by atoms with Gasteiger partial charge in [0.2, 0.25) is 0 Å². The van der Waals surface area contributed by atoms with Gasteiger partial charge in [-0.2, -0.15) is 0 Å². The molecule has 0 saturated heterocycles. The Bertz CT molecular complexity index is 476. The number of rotatable bonds is 4. The molecule has 2 aromatic heterocycles. The van der Waals surface area contributed by atoms with Crippen molar-refractivity contribution in [1.82, 2.24) is 14.5 Å². The molecule has 4 nitrogen and oxygen atoms in total. The fourth-order valence-electron chi connectivity index (χ4n) is 1.62. The fourth-order valence-corrected chi connectivity index (χ4v) is 1.62. The summed E-state index contributed by atoms with van der Waals surface area (Å²) in [6.45, 7) is 0. The molecule has 0 aliphatic rings. The van der Waals surface area contributed by atoms with E-state index in [4.69, 9.17) is 0 Å². The molecule has 0 spiro atoms. The Kier molecular flexibility index (Phi) is 3.10. The number of hydrogen-bond donors (Lipinski definition) is 0. The molecule has 0 aliphatic carbocycles. The molecule has 0 aliphatic heterocycles. The molecule has 2 aromatic rings. The second kappa shape index (κ2) is 4.70. The molecule has 0 atom stereocenters. The molecule has 82 valence electrons. The van der Waals surface area contributed by atoms with Crippen LogP contribution in [0.3, 0.4) is 0 Å². The summed E-state index contributed by atoms with van der Waals surface area (Å²) < 4.78 is 1.74. The van der Waals surface area contributed by atoms with Crippen LogP contribution in [0.2, 0.25) is 0 Å². The highest BCUT2D eigenvalue weighted by molar-refractivity contribution is 5.73. The molecule has 0 amide bonds. The Labute approximate surface area is 94.0 Å². The normalized spacial score (nSPS) is 10.3. The van der Waals surface area contributed by atoms with Crippen LogP contribution in [0, 0.1) is 0 Å². The van der Waals surface area contributed by atoms with E-state index in [0.717, 1.165) is 30.5 Å². The molecule has 16 heavy (non-hydrogen) atoms. The number of hydrogen-bond acceptors (Lipinski definition) is 3. The summed E-state index contributed by atoms with van der Waals surface area (Å²) in [7, 11) is 1.82. The molecular weight excluding hydrogens is 202 g/mol. The highest BCUT2D eigenvalue weighted by atomic mass is 16.1. The Morgan fingerprint density at radius 1 is 1.31 bits per heavy atom. The Morgan fingerprint density at radius 3 is 2.88 bits per heavy atom. The van der Waals surface area contributed by atoms with E-state index in [1.54, 1.807) is 17.1 Å². The third-order valence-electron chi connectivity index (χ3n) is 2.52. The van der Waals surface area contributed by atoms with Crippen molar-refractivity contribution < 1.29 is 4.79 Å². The monoisotopic (exact) mass is 215 g/mol. The SMILES string of the molecule is Cn1cnc(CCc2ccccn2)c1C=O. The topological polar surface area (TPSA) is 47.8 Å². The average Bonchev–Trinajstić information content (AvgIpc) is 2.68. The van der Waals surface area contributed by atoms with E-state index in [2.05, 4.69) is 9.97 Å². The zero-order valence-corrected chi connectivity index (χ0v) is 9.13. The minimum absolute atomic E-state index is 0.649. The molecule has 4 heteroatoms. The minimum atomic E-state index is 0.649. The van der Waals surface area contributed by atoms with Crippen LogP contribution in [0.25, 0.3) is 0 Å². The molecule has 0 saturated carbocycles. The smallest absolute Gasteiger partial charge is 0.168 e. The van der Waals surface area contributed by atoms with Crippen molar-refractivity contribution >= 4 is 6.29 Å². The molecule has 0 radical (unpaired) electrons. The quantitative estimate of drug-likeness (QED) is 0.724. The number of carbonyl (C=O) groups is 1. The fraction of sp³-hybridized carbons (Fsp3) is 0.250. The zero-order valence-electron chi connectivity index (χ0n) is 9.13. The van der Waals surface area contributed by atoms with Gasteiger partial charge in [0.25, 0.3) is 0 Å². The van der Waals surface area contributed by atoms with Crippen molar-refractivity contribution in [2.45, 2.75) is 12.8 Å². The molecule has 2 heterocycles. The van der Waals surface area contributed by atoms with Gasteiger partial charge in [-0.3, -0.25) is 9.78 Å². The van der Waals surface area contributed by atoms with Gasteiger partial charge in [0.1, 0.15) is 5.69 Å². The summed E-state index contributed by atoms with van der Waals surface area (Å²) in [6.07, 6.45) is 5.83. The summed E-state index contributed by atoms with van der Waals surface area (Å²) in [5.41, 5.74) is 2.50. The lowest BCUT2D eigenvalue weighted by Crippen LogP contribution is -2.00. The van der Waals surface area contributed by atoms with Crippen molar-refractivity contribution in [2.24, 2.45) is 7.05 Å². The third kappa shape index (κ3) is 2.16. The predicted molar refractivity (Wildman–Crippen MR) is 60.2 cm³/mol. The molecule has 0 aromatic carbocycles. The van der Waals surface area contributed by atoms with E-state index in [1.807, 2.05) is 25.2 Å². The van der Waals surface area contributed by atoms with Crippen LogP contribution in [-0.4, -0.2) is 20.8 Å². The second-order valence-corrected chi connectivity index (χ2v) is 3.63. The first kappa shape index (κ1) is 10.5. The van der Waals surface area contributed by atoms with Crippen molar-refractivity contribution in [3.63, 3.8) is 0 Å². The summed E-state index contributed by atoms with van der Waals surface area (Å²) in [5.74, 6) is 0. The maximum atomic E-state index is 10.8. The largest absolute Gasteiger partial charge is 0.331 e. The van der Waals surface area contributed by atoms with Crippen LogP contribution < -0.4 is 0 Å². The molecule has 0 N–H and O–H groups in total. The van der Waals surface area contributed by atoms with Crippen molar-refractivity contribution in [3.8, 4) is 0 Å². The van der Waals surface area contributed by atoms with Crippen LogP contribution in [0.1, 0.15) is 21.9 Å². The minimum Gasteiger partial charge on any atom is -0.331 e. The molecule has 2 rings (SSSR count). The predicted octanol–water partition coefficient (Wildman–Crippen LogP) is 1.41. The number of imidazole rings is 1. The van der Waals surface area contributed by atoms with Crippen LogP contribution in [0.4, 0.5) is 0 Å². The second-order valence-electron chi connectivity index (χ2n) is 3.63. The van der Waals surface area contributed by atoms with Crippen molar-refractivity contribution in [1.29, 1.82) is 0 Å². The van der Waals surface area contributed by atoms with Crippen LogP contribution in [-0.2, 0) is 19.9 Å². The van der Waals surface area contributed by atoms with E-state index in [1.165, 1.54) is 0 Å². The molecule has 0 bridgehead atoms. The van der Waals surface area contributed by atoms with Gasteiger partial charge in [-0.05, 0) is 25.0 Å². The Balaban J connectivity index is 2.08. The van der Waals surface area contributed by atoms with E-state index >= 15 is 0 Å². The lowest BCUT2D eigenvalue weighted by atomic mass is 10.1. The summed E-state index contributed by atoms with van der Waals surface area (Å²) in [4.78, 5) is 19.3. The summed E-state index contributed by atoms with van der Waals surface area (Å²) in [5, 5.41) is 0. The summed E-state index contributed by atoms with van der Waals surface area (Å²) >= 11 is 0. The van der Waals surface area contributed by atoms with E-state index < -0.39 is 0 Å². The standard InChI is InChI=1S/C12H13N3O/c1-15-9-14-11(12(15)8-16)6-5-10-4-2-3-7-13-10/h2-4,7-9H,5-6H2,1H3. The zero-order chi connectivity index (χ0) is 11.4. The summed E-state index contributed by atoms with van der Waals surface area (Å²) in [6, 6.07) is 5.83. The van der Waals surface area contributed by atoms with Gasteiger partial charge in [-0.1, -0.05) is 6.07 Å². The molecular formula is C12H13N3O. The van der Waals surface area contributed by atoms with Crippen LogP contribution in [0.5, 0.6) is 0 Å². The van der Waals surface area contributed by atoms with Crippen LogP contribution >= 0.6 is 0 Å². The number of nitrogens with zero attached hydrogens (tertiary/aromatic N) is 3. The number of carbonyl (C=O) groups excluding carboxylic acids is 1. The van der Waals surface area contributed by atoms with Gasteiger partial charge >= 0.3 is 0 Å². The first-order valence-corrected chi connectivity index (χ1v) is 5.16.